The van der Waals surface area contributed by atoms with Crippen molar-refractivity contribution in [2.45, 2.75) is 64.9 Å². The van der Waals surface area contributed by atoms with Crippen molar-refractivity contribution >= 4 is 11.6 Å². The van der Waals surface area contributed by atoms with Crippen LogP contribution in [0.4, 0.5) is 0 Å². The van der Waals surface area contributed by atoms with Crippen LogP contribution in [-0.4, -0.2) is 22.8 Å². The first-order valence-corrected chi connectivity index (χ1v) is 8.85. The van der Waals surface area contributed by atoms with Gasteiger partial charge in [0, 0.05) is 0 Å². The van der Waals surface area contributed by atoms with Crippen LogP contribution in [0.1, 0.15) is 58.8 Å². The van der Waals surface area contributed by atoms with E-state index in [-0.39, 0.29) is 23.1 Å². The van der Waals surface area contributed by atoms with E-state index in [9.17, 15) is 14.7 Å². The second-order valence-corrected chi connectivity index (χ2v) is 8.59. The minimum Gasteiger partial charge on any atom is -0.393 e. The minimum atomic E-state index is -0.519. The molecule has 1 unspecified atom stereocenters. The Bertz CT molecular complexity index is 577. The number of Topliss-reactive ketones (excluding diaryl/α,β-unsaturated/α-hetero) is 1. The Morgan fingerprint density at radius 2 is 1.82 bits per heavy atom. The maximum Gasteiger partial charge on any atom is 0.222 e. The van der Waals surface area contributed by atoms with Crippen molar-refractivity contribution in [1.82, 2.24) is 0 Å². The quantitative estimate of drug-likeness (QED) is 0.700. The van der Waals surface area contributed by atoms with Crippen LogP contribution < -0.4 is 0 Å². The maximum atomic E-state index is 12.3. The van der Waals surface area contributed by atoms with Gasteiger partial charge >= 0.3 is 0 Å². The standard InChI is InChI=1S/C19H26O3/c1-18-8-7-14-13(15(18)9-16(21)17(18)22)6-4-11-3-5-12(20)10-19(11,14)2/h9,11-14,20H,3-8,10H2,1-2H3/t11?,12-,13+,14-,18-,19-/m0/s1. The molecule has 22 heavy (non-hydrogen) atoms. The number of hydrogen-bond acceptors (Lipinski definition) is 3. The fraction of sp³-hybridized carbons (Fsp3) is 0.789. The van der Waals surface area contributed by atoms with Crippen LogP contribution in [0.15, 0.2) is 11.6 Å². The number of allylic oxidation sites excluding steroid dienone is 2. The second-order valence-electron chi connectivity index (χ2n) is 8.59. The molecule has 0 bridgehead atoms. The fourth-order valence-corrected chi connectivity index (χ4v) is 6.36. The highest BCUT2D eigenvalue weighted by molar-refractivity contribution is 6.46. The third-order valence-corrected chi connectivity index (χ3v) is 7.62. The first-order chi connectivity index (χ1) is 10.4. The van der Waals surface area contributed by atoms with Gasteiger partial charge < -0.3 is 5.11 Å². The highest BCUT2D eigenvalue weighted by atomic mass is 16.3. The summed E-state index contributed by atoms with van der Waals surface area (Å²) in [4.78, 5) is 24.3. The monoisotopic (exact) mass is 302 g/mol. The Hall–Kier alpha value is -0.960. The predicted octanol–water partition coefficient (Wildman–Crippen LogP) is 3.06. The molecule has 4 rings (SSSR count). The number of fused-ring (bicyclic) bond motifs is 5. The van der Waals surface area contributed by atoms with Crippen molar-refractivity contribution in [3.8, 4) is 0 Å². The predicted molar refractivity (Wildman–Crippen MR) is 83.1 cm³/mol. The highest BCUT2D eigenvalue weighted by Gasteiger charge is 2.59. The Kier molecular flexibility index (Phi) is 3.01. The molecule has 0 amide bonds. The van der Waals surface area contributed by atoms with Gasteiger partial charge in [-0.05, 0) is 86.7 Å². The van der Waals surface area contributed by atoms with Gasteiger partial charge in [-0.1, -0.05) is 6.92 Å². The molecule has 0 radical (unpaired) electrons. The van der Waals surface area contributed by atoms with Gasteiger partial charge in [-0.2, -0.15) is 0 Å². The van der Waals surface area contributed by atoms with Gasteiger partial charge in [0.15, 0.2) is 0 Å². The van der Waals surface area contributed by atoms with E-state index in [1.165, 1.54) is 6.42 Å². The summed E-state index contributed by atoms with van der Waals surface area (Å²) in [5.41, 5.74) is 0.782. The number of hydrogen-bond donors (Lipinski definition) is 1. The molecule has 3 fully saturated rings. The van der Waals surface area contributed by atoms with Gasteiger partial charge in [-0.15, -0.1) is 0 Å². The van der Waals surface area contributed by atoms with Crippen molar-refractivity contribution in [1.29, 1.82) is 0 Å². The van der Waals surface area contributed by atoms with Crippen molar-refractivity contribution in [2.24, 2.45) is 28.6 Å². The van der Waals surface area contributed by atoms with Gasteiger partial charge in [0.2, 0.25) is 11.6 Å². The molecule has 3 saturated carbocycles. The summed E-state index contributed by atoms with van der Waals surface area (Å²) in [5, 5.41) is 10.2. The fourth-order valence-electron chi connectivity index (χ4n) is 6.36. The topological polar surface area (TPSA) is 54.4 Å². The molecule has 0 spiro atoms. The van der Waals surface area contributed by atoms with Gasteiger partial charge in [0.1, 0.15) is 0 Å². The smallest absolute Gasteiger partial charge is 0.222 e. The molecule has 3 heteroatoms. The Labute approximate surface area is 132 Å². The van der Waals surface area contributed by atoms with Crippen LogP contribution in [0.2, 0.25) is 0 Å². The van der Waals surface area contributed by atoms with E-state index in [0.29, 0.717) is 17.8 Å². The van der Waals surface area contributed by atoms with Crippen LogP contribution >= 0.6 is 0 Å². The molecule has 6 atom stereocenters. The van der Waals surface area contributed by atoms with Crippen LogP contribution in [-0.2, 0) is 9.59 Å². The summed E-state index contributed by atoms with van der Waals surface area (Å²) < 4.78 is 0. The molecule has 0 aromatic rings. The lowest BCUT2D eigenvalue weighted by Gasteiger charge is -2.58. The molecule has 4 aliphatic carbocycles. The lowest BCUT2D eigenvalue weighted by atomic mass is 9.46. The average Bonchev–Trinajstić information content (AvgIpc) is 2.70. The van der Waals surface area contributed by atoms with E-state index in [4.69, 9.17) is 0 Å². The molecular formula is C19H26O3. The number of ketones is 2. The van der Waals surface area contributed by atoms with E-state index in [2.05, 4.69) is 6.92 Å². The molecule has 0 heterocycles. The number of aliphatic hydroxyl groups is 1. The van der Waals surface area contributed by atoms with Crippen molar-refractivity contribution < 1.29 is 14.7 Å². The van der Waals surface area contributed by atoms with Gasteiger partial charge in [0.25, 0.3) is 0 Å². The van der Waals surface area contributed by atoms with Crippen molar-refractivity contribution in [2.75, 3.05) is 0 Å². The second kappa shape index (κ2) is 4.53. The van der Waals surface area contributed by atoms with E-state index in [1.54, 1.807) is 6.08 Å². The Morgan fingerprint density at radius 1 is 1.09 bits per heavy atom. The SMILES string of the molecule is C[C@]12CC[C@H]3[C@@H](CCC4CC[C@H](O)C[C@@]43C)C1=CC(=O)C2=O. The first kappa shape index (κ1) is 14.6. The van der Waals surface area contributed by atoms with E-state index in [0.717, 1.165) is 44.1 Å². The lowest BCUT2D eigenvalue weighted by Crippen LogP contribution is -2.52. The summed E-state index contributed by atoms with van der Waals surface area (Å²) >= 11 is 0. The third kappa shape index (κ3) is 1.72. The summed E-state index contributed by atoms with van der Waals surface area (Å²) in [5.74, 6) is 1.14. The molecular weight excluding hydrogens is 276 g/mol. The molecule has 0 aliphatic heterocycles. The largest absolute Gasteiger partial charge is 0.393 e. The van der Waals surface area contributed by atoms with Crippen molar-refractivity contribution in [3.63, 3.8) is 0 Å². The number of carbonyl (C=O) groups excluding carboxylic acids is 2. The molecule has 120 valence electrons. The molecule has 4 aliphatic rings. The Balaban J connectivity index is 1.72. The third-order valence-electron chi connectivity index (χ3n) is 7.62. The normalized spacial score (nSPS) is 51.0. The zero-order valence-corrected chi connectivity index (χ0v) is 13.6. The van der Waals surface area contributed by atoms with E-state index >= 15 is 0 Å². The summed E-state index contributed by atoms with van der Waals surface area (Å²) in [6.07, 6.45) is 8.59. The minimum absolute atomic E-state index is 0.172. The highest BCUT2D eigenvalue weighted by Crippen LogP contribution is 2.63. The molecule has 0 saturated heterocycles. The van der Waals surface area contributed by atoms with Crippen LogP contribution in [0.3, 0.4) is 0 Å². The number of aliphatic hydroxyl groups excluding tert-OH is 1. The van der Waals surface area contributed by atoms with Crippen LogP contribution in [0, 0.1) is 28.6 Å². The molecule has 1 N–H and O–H groups in total. The zero-order chi connectivity index (χ0) is 15.7. The summed E-state index contributed by atoms with van der Waals surface area (Å²) in [7, 11) is 0. The van der Waals surface area contributed by atoms with Crippen molar-refractivity contribution in [3.05, 3.63) is 11.6 Å². The van der Waals surface area contributed by atoms with Gasteiger partial charge in [-0.3, -0.25) is 9.59 Å². The van der Waals surface area contributed by atoms with Gasteiger partial charge in [-0.25, -0.2) is 0 Å². The van der Waals surface area contributed by atoms with Gasteiger partial charge in [0.05, 0.1) is 11.5 Å². The maximum absolute atomic E-state index is 12.3. The number of rotatable bonds is 0. The zero-order valence-electron chi connectivity index (χ0n) is 13.6. The van der Waals surface area contributed by atoms with Crippen LogP contribution in [0.5, 0.6) is 0 Å². The summed E-state index contributed by atoms with van der Waals surface area (Å²) in [6.45, 7) is 4.34. The van der Waals surface area contributed by atoms with E-state index < -0.39 is 5.41 Å². The molecule has 3 nitrogen and oxygen atoms in total. The van der Waals surface area contributed by atoms with E-state index in [1.807, 2.05) is 6.92 Å². The molecule has 0 aromatic heterocycles. The summed E-state index contributed by atoms with van der Waals surface area (Å²) in [6, 6.07) is 0. The molecule has 0 aromatic carbocycles. The van der Waals surface area contributed by atoms with Crippen LogP contribution in [0.25, 0.3) is 0 Å². The Morgan fingerprint density at radius 3 is 2.59 bits per heavy atom. The number of carbonyl (C=O) groups is 2. The lowest BCUT2D eigenvalue weighted by molar-refractivity contribution is -0.139. The average molecular weight is 302 g/mol. The first-order valence-electron chi connectivity index (χ1n) is 8.85.